The van der Waals surface area contributed by atoms with E-state index < -0.39 is 25.2 Å². The molecule has 26 heavy (non-hydrogen) atoms. The molecule has 1 aromatic carbocycles. The minimum absolute atomic E-state index is 0.187. The molecule has 0 fully saturated rings. The van der Waals surface area contributed by atoms with Gasteiger partial charge < -0.3 is 13.0 Å². The standard InChI is InChI=1S/C19H35NO3Si3/c1-15-11-12-17(16(13-15)18-20-19(2,3)14-21-18)26(10,22-24(4,5)6)23-25(7,8)9/h11-13H,14H2,1-10H3. The number of benzene rings is 1. The zero-order valence-corrected chi connectivity index (χ0v) is 21.1. The van der Waals surface area contributed by atoms with Crippen molar-refractivity contribution in [3.8, 4) is 0 Å². The van der Waals surface area contributed by atoms with E-state index >= 15 is 0 Å². The van der Waals surface area contributed by atoms with Gasteiger partial charge in [-0.15, -0.1) is 0 Å². The highest BCUT2D eigenvalue weighted by atomic mass is 28.5. The lowest BCUT2D eigenvalue weighted by Gasteiger charge is -2.39. The molecule has 4 nitrogen and oxygen atoms in total. The average molecular weight is 410 g/mol. The van der Waals surface area contributed by atoms with E-state index in [1.807, 2.05) is 0 Å². The summed E-state index contributed by atoms with van der Waals surface area (Å²) in [4.78, 5) is 4.83. The number of hydrogen-bond acceptors (Lipinski definition) is 4. The van der Waals surface area contributed by atoms with Crippen LogP contribution in [0, 0.1) is 6.92 Å². The molecule has 0 amide bonds. The summed E-state index contributed by atoms with van der Waals surface area (Å²) in [5.41, 5.74) is 2.05. The molecule has 1 heterocycles. The summed E-state index contributed by atoms with van der Waals surface area (Å²) in [6, 6.07) is 6.49. The highest BCUT2D eigenvalue weighted by Gasteiger charge is 2.45. The van der Waals surface area contributed by atoms with E-state index in [1.54, 1.807) is 0 Å². The van der Waals surface area contributed by atoms with Crippen LogP contribution < -0.4 is 5.19 Å². The van der Waals surface area contributed by atoms with Gasteiger partial charge in [-0.3, -0.25) is 0 Å². The van der Waals surface area contributed by atoms with Gasteiger partial charge in [0.05, 0.1) is 5.54 Å². The quantitative estimate of drug-likeness (QED) is 0.648. The van der Waals surface area contributed by atoms with E-state index in [0.717, 1.165) is 16.6 Å². The second-order valence-corrected chi connectivity index (χ2v) is 22.5. The van der Waals surface area contributed by atoms with Crippen molar-refractivity contribution in [1.29, 1.82) is 0 Å². The Bertz CT molecular complexity index is 687. The van der Waals surface area contributed by atoms with E-state index in [9.17, 15) is 0 Å². The van der Waals surface area contributed by atoms with E-state index in [2.05, 4.69) is 84.8 Å². The average Bonchev–Trinajstić information content (AvgIpc) is 2.74. The first kappa shape index (κ1) is 21.6. The van der Waals surface area contributed by atoms with Crippen LogP contribution in [0.5, 0.6) is 0 Å². The summed E-state index contributed by atoms with van der Waals surface area (Å²) in [7, 11) is -6.22. The van der Waals surface area contributed by atoms with Crippen LogP contribution in [-0.2, 0) is 13.0 Å². The molecule has 0 radical (unpaired) electrons. The van der Waals surface area contributed by atoms with E-state index in [1.165, 1.54) is 5.56 Å². The fourth-order valence-electron chi connectivity index (χ4n) is 3.25. The SMILES string of the molecule is Cc1ccc([Si](C)(O[Si](C)(C)C)O[Si](C)(C)C)c(C2=NC(C)(C)CO2)c1. The van der Waals surface area contributed by atoms with Gasteiger partial charge in [-0.25, -0.2) is 4.99 Å². The number of aryl methyl sites for hydroxylation is 1. The van der Waals surface area contributed by atoms with Gasteiger partial charge in [0, 0.05) is 10.8 Å². The fourth-order valence-corrected chi connectivity index (χ4v) is 15.1. The molecule has 0 aromatic heterocycles. The Morgan fingerprint density at radius 1 is 0.962 bits per heavy atom. The Labute approximate surface area is 162 Å². The maximum atomic E-state index is 6.76. The molecule has 0 unspecified atom stereocenters. The lowest BCUT2D eigenvalue weighted by Crippen LogP contribution is -2.61. The molecule has 0 saturated heterocycles. The number of ether oxygens (including phenoxy) is 1. The molecule has 1 aliphatic heterocycles. The zero-order chi connectivity index (χ0) is 20.0. The van der Waals surface area contributed by atoms with Crippen molar-refractivity contribution in [3.63, 3.8) is 0 Å². The third-order valence-corrected chi connectivity index (χ3v) is 13.3. The van der Waals surface area contributed by atoms with Crippen molar-refractivity contribution in [2.75, 3.05) is 6.61 Å². The van der Waals surface area contributed by atoms with Gasteiger partial charge in [0.25, 0.3) is 0 Å². The maximum Gasteiger partial charge on any atom is 0.349 e. The first-order chi connectivity index (χ1) is 11.6. The maximum absolute atomic E-state index is 6.76. The molecule has 0 aliphatic carbocycles. The second kappa shape index (κ2) is 7.01. The van der Waals surface area contributed by atoms with Crippen molar-refractivity contribution in [3.05, 3.63) is 29.3 Å². The van der Waals surface area contributed by atoms with E-state index in [-0.39, 0.29) is 5.54 Å². The summed E-state index contributed by atoms with van der Waals surface area (Å²) in [5.74, 6) is 0.728. The molecular formula is C19H35NO3Si3. The summed E-state index contributed by atoms with van der Waals surface area (Å²) in [5, 5.41) is 1.14. The van der Waals surface area contributed by atoms with Crippen LogP contribution in [0.25, 0.3) is 0 Å². The Hall–Kier alpha value is -0.739. The highest BCUT2D eigenvalue weighted by Crippen LogP contribution is 2.26. The van der Waals surface area contributed by atoms with Crippen LogP contribution >= 0.6 is 0 Å². The van der Waals surface area contributed by atoms with Gasteiger partial charge in [0.15, 0.2) is 16.6 Å². The Kier molecular flexibility index (Phi) is 5.82. The topological polar surface area (TPSA) is 40.0 Å². The third-order valence-electron chi connectivity index (χ3n) is 3.86. The third kappa shape index (κ3) is 5.63. The number of aliphatic imine (C=N–C) groups is 1. The van der Waals surface area contributed by atoms with Crippen LogP contribution in [0.1, 0.15) is 25.0 Å². The van der Waals surface area contributed by atoms with Gasteiger partial charge in [0.1, 0.15) is 6.61 Å². The molecule has 0 spiro atoms. The molecule has 0 saturated carbocycles. The predicted octanol–water partition coefficient (Wildman–Crippen LogP) is 4.53. The van der Waals surface area contributed by atoms with E-state index in [4.69, 9.17) is 18.0 Å². The van der Waals surface area contributed by atoms with Crippen molar-refractivity contribution < 1.29 is 13.0 Å². The van der Waals surface area contributed by atoms with Crippen LogP contribution in [-0.4, -0.2) is 43.2 Å². The molecular weight excluding hydrogens is 374 g/mol. The molecule has 0 atom stereocenters. The monoisotopic (exact) mass is 409 g/mol. The first-order valence-electron chi connectivity index (χ1n) is 9.35. The molecule has 0 N–H and O–H groups in total. The van der Waals surface area contributed by atoms with Crippen LogP contribution in [0.4, 0.5) is 0 Å². The first-order valence-corrected chi connectivity index (χ1v) is 18.5. The lowest BCUT2D eigenvalue weighted by atomic mass is 10.1. The number of nitrogens with zero attached hydrogens (tertiary/aromatic N) is 1. The number of hydrogen-bond donors (Lipinski definition) is 0. The van der Waals surface area contributed by atoms with Crippen LogP contribution in [0.15, 0.2) is 23.2 Å². The minimum atomic E-state index is -2.62. The minimum Gasteiger partial charge on any atom is -0.475 e. The smallest absolute Gasteiger partial charge is 0.349 e. The summed E-state index contributed by atoms with van der Waals surface area (Å²) < 4.78 is 19.5. The lowest BCUT2D eigenvalue weighted by molar-refractivity contribution is 0.279. The molecule has 2 rings (SSSR count). The molecule has 1 aliphatic rings. The van der Waals surface area contributed by atoms with Gasteiger partial charge in [-0.2, -0.15) is 0 Å². The second-order valence-electron chi connectivity index (χ2n) is 9.94. The van der Waals surface area contributed by atoms with Crippen LogP contribution in [0.3, 0.4) is 0 Å². The van der Waals surface area contributed by atoms with Crippen molar-refractivity contribution >= 4 is 36.3 Å². The molecule has 146 valence electrons. The van der Waals surface area contributed by atoms with Gasteiger partial charge >= 0.3 is 8.56 Å². The molecule has 7 heteroatoms. The summed E-state index contributed by atoms with van der Waals surface area (Å²) >= 11 is 0. The number of rotatable bonds is 6. The highest BCUT2D eigenvalue weighted by molar-refractivity contribution is 6.94. The van der Waals surface area contributed by atoms with E-state index in [0.29, 0.717) is 6.61 Å². The fraction of sp³-hybridized carbons (Fsp3) is 0.632. The Morgan fingerprint density at radius 2 is 1.50 bits per heavy atom. The van der Waals surface area contributed by atoms with Gasteiger partial charge in [-0.1, -0.05) is 17.7 Å². The predicted molar refractivity (Wildman–Crippen MR) is 118 cm³/mol. The van der Waals surface area contributed by atoms with Crippen molar-refractivity contribution in [2.45, 2.75) is 72.1 Å². The summed E-state index contributed by atoms with van der Waals surface area (Å²) in [6.45, 7) is 22.5. The molecule has 0 bridgehead atoms. The van der Waals surface area contributed by atoms with Gasteiger partial charge in [0.2, 0.25) is 5.90 Å². The summed E-state index contributed by atoms with van der Waals surface area (Å²) in [6.07, 6.45) is 0. The van der Waals surface area contributed by atoms with Crippen LogP contribution in [0.2, 0.25) is 45.8 Å². The molecule has 1 aromatic rings. The Balaban J connectivity index is 2.62. The largest absolute Gasteiger partial charge is 0.475 e. The van der Waals surface area contributed by atoms with Gasteiger partial charge in [-0.05, 0) is 72.7 Å². The van der Waals surface area contributed by atoms with Crippen molar-refractivity contribution in [2.24, 2.45) is 4.99 Å². The van der Waals surface area contributed by atoms with Crippen molar-refractivity contribution in [1.82, 2.24) is 0 Å². The Morgan fingerprint density at radius 3 is 1.92 bits per heavy atom. The zero-order valence-electron chi connectivity index (χ0n) is 18.1. The normalized spacial score (nSPS) is 17.8.